The van der Waals surface area contributed by atoms with E-state index in [0.29, 0.717) is 18.8 Å². The molecule has 3 heterocycles. The first-order valence-corrected chi connectivity index (χ1v) is 12.4. The number of fused-ring (bicyclic) bond motifs is 1. The molecule has 2 amide bonds. The minimum atomic E-state index is -0.329. The van der Waals surface area contributed by atoms with Crippen molar-refractivity contribution in [3.8, 4) is 5.75 Å². The predicted octanol–water partition coefficient (Wildman–Crippen LogP) is 5.17. The molecule has 0 fully saturated rings. The van der Waals surface area contributed by atoms with Crippen molar-refractivity contribution < 1.29 is 23.1 Å². The van der Waals surface area contributed by atoms with Gasteiger partial charge in [-0.2, -0.15) is 0 Å². The molecule has 1 aliphatic heterocycles. The van der Waals surface area contributed by atoms with Crippen LogP contribution in [0.1, 0.15) is 47.3 Å². The van der Waals surface area contributed by atoms with Gasteiger partial charge >= 0.3 is 0 Å². The molecule has 8 heteroatoms. The fraction of sp³-hybridized carbons (Fsp3) is 0.385. The molecule has 0 saturated carbocycles. The molecule has 0 N–H and O–H groups in total. The van der Waals surface area contributed by atoms with Gasteiger partial charge in [0.05, 0.1) is 12.3 Å². The Hall–Kier alpha value is -3.13. The third-order valence-electron chi connectivity index (χ3n) is 6.21. The SMILES string of the molecule is CC[C@@H](C)CN(CC(=O)N1CCc2sccc2[C@@H]1COc1ccc(F)cc1)C(=O)c1ccco1. The van der Waals surface area contributed by atoms with E-state index in [1.165, 1.54) is 23.3 Å². The largest absolute Gasteiger partial charge is 0.491 e. The molecule has 0 unspecified atom stereocenters. The zero-order chi connectivity index (χ0) is 24.1. The van der Waals surface area contributed by atoms with Crippen LogP contribution in [-0.2, 0) is 11.2 Å². The minimum absolute atomic E-state index is 0.0314. The van der Waals surface area contributed by atoms with Crippen LogP contribution in [0.2, 0.25) is 0 Å². The molecule has 0 radical (unpaired) electrons. The van der Waals surface area contributed by atoms with Gasteiger partial charge in [-0.15, -0.1) is 11.3 Å². The van der Waals surface area contributed by atoms with E-state index >= 15 is 0 Å². The van der Waals surface area contributed by atoms with Crippen LogP contribution in [0.3, 0.4) is 0 Å². The summed E-state index contributed by atoms with van der Waals surface area (Å²) in [5.74, 6) is 0.270. The van der Waals surface area contributed by atoms with Crippen LogP contribution < -0.4 is 4.74 Å². The lowest BCUT2D eigenvalue weighted by atomic mass is 10.00. The highest BCUT2D eigenvalue weighted by molar-refractivity contribution is 7.10. The lowest BCUT2D eigenvalue weighted by Gasteiger charge is -2.37. The average Bonchev–Trinajstić information content (AvgIpc) is 3.54. The summed E-state index contributed by atoms with van der Waals surface area (Å²) in [6.45, 7) is 5.36. The number of furan rings is 1. The first-order chi connectivity index (χ1) is 16.5. The fourth-order valence-corrected chi connectivity index (χ4v) is 5.04. The summed E-state index contributed by atoms with van der Waals surface area (Å²) in [6.07, 6.45) is 3.12. The molecule has 180 valence electrons. The van der Waals surface area contributed by atoms with Gasteiger partial charge in [-0.3, -0.25) is 9.59 Å². The Bertz CT molecular complexity index is 1100. The van der Waals surface area contributed by atoms with Gasteiger partial charge in [-0.05, 0) is 65.7 Å². The predicted molar refractivity (Wildman–Crippen MR) is 128 cm³/mol. The molecule has 0 spiro atoms. The van der Waals surface area contributed by atoms with Gasteiger partial charge in [-0.1, -0.05) is 20.3 Å². The Morgan fingerprint density at radius 1 is 1.26 bits per heavy atom. The van der Waals surface area contributed by atoms with E-state index in [1.807, 2.05) is 11.4 Å². The highest BCUT2D eigenvalue weighted by Gasteiger charge is 2.34. The van der Waals surface area contributed by atoms with Gasteiger partial charge in [0.1, 0.15) is 24.7 Å². The molecule has 2 aromatic heterocycles. The molecule has 0 aliphatic carbocycles. The van der Waals surface area contributed by atoms with Gasteiger partial charge in [-0.25, -0.2) is 4.39 Å². The highest BCUT2D eigenvalue weighted by atomic mass is 32.1. The van der Waals surface area contributed by atoms with Gasteiger partial charge < -0.3 is 19.0 Å². The van der Waals surface area contributed by atoms with Gasteiger partial charge in [0.2, 0.25) is 5.91 Å². The smallest absolute Gasteiger partial charge is 0.290 e. The summed E-state index contributed by atoms with van der Waals surface area (Å²) in [7, 11) is 0. The van der Waals surface area contributed by atoms with Crippen LogP contribution in [0.4, 0.5) is 4.39 Å². The summed E-state index contributed by atoms with van der Waals surface area (Å²) in [5, 5.41) is 2.03. The lowest BCUT2D eigenvalue weighted by molar-refractivity contribution is -0.135. The topological polar surface area (TPSA) is 63.0 Å². The number of rotatable bonds is 9. The number of carbonyl (C=O) groups is 2. The van der Waals surface area contributed by atoms with Crippen molar-refractivity contribution in [2.75, 3.05) is 26.2 Å². The summed E-state index contributed by atoms with van der Waals surface area (Å²) in [4.78, 5) is 31.2. The number of benzene rings is 1. The van der Waals surface area contributed by atoms with Crippen LogP contribution in [-0.4, -0.2) is 47.9 Å². The zero-order valence-corrected chi connectivity index (χ0v) is 20.2. The summed E-state index contributed by atoms with van der Waals surface area (Å²) < 4.78 is 24.5. The maximum absolute atomic E-state index is 13.6. The molecule has 0 bridgehead atoms. The van der Waals surface area contributed by atoms with E-state index < -0.39 is 0 Å². The Morgan fingerprint density at radius 2 is 2.06 bits per heavy atom. The summed E-state index contributed by atoms with van der Waals surface area (Å²) in [6, 6.07) is 10.9. The average molecular weight is 485 g/mol. The Labute approximate surface area is 202 Å². The number of carbonyl (C=O) groups excluding carboxylic acids is 2. The first-order valence-electron chi connectivity index (χ1n) is 11.5. The molecule has 0 saturated heterocycles. The maximum Gasteiger partial charge on any atom is 0.290 e. The molecule has 1 aliphatic rings. The Morgan fingerprint density at radius 3 is 2.76 bits per heavy atom. The van der Waals surface area contributed by atoms with E-state index in [-0.39, 0.29) is 48.5 Å². The molecular weight excluding hydrogens is 455 g/mol. The van der Waals surface area contributed by atoms with Gasteiger partial charge in [0, 0.05) is 18.0 Å². The molecular formula is C26H29FN2O4S. The van der Waals surface area contributed by atoms with Crippen molar-refractivity contribution >= 4 is 23.2 Å². The number of thiophene rings is 1. The van der Waals surface area contributed by atoms with Crippen LogP contribution in [0.15, 0.2) is 58.5 Å². The first kappa shape index (κ1) is 24.0. The van der Waals surface area contributed by atoms with Crippen LogP contribution in [0.5, 0.6) is 5.75 Å². The van der Waals surface area contributed by atoms with E-state index in [0.717, 1.165) is 18.4 Å². The summed E-state index contributed by atoms with van der Waals surface area (Å²) >= 11 is 1.67. The van der Waals surface area contributed by atoms with Crippen molar-refractivity contribution in [3.63, 3.8) is 0 Å². The normalized spacial score (nSPS) is 16.1. The van der Waals surface area contributed by atoms with Crippen molar-refractivity contribution in [1.82, 2.24) is 9.80 Å². The number of amides is 2. The van der Waals surface area contributed by atoms with E-state index in [9.17, 15) is 14.0 Å². The molecule has 2 atom stereocenters. The van der Waals surface area contributed by atoms with Crippen LogP contribution in [0.25, 0.3) is 0 Å². The third kappa shape index (κ3) is 5.50. The van der Waals surface area contributed by atoms with Crippen molar-refractivity contribution in [2.24, 2.45) is 5.92 Å². The minimum Gasteiger partial charge on any atom is -0.491 e. The lowest BCUT2D eigenvalue weighted by Crippen LogP contribution is -2.48. The Balaban J connectivity index is 1.52. The number of ether oxygens (including phenoxy) is 1. The number of nitrogens with zero attached hydrogens (tertiary/aromatic N) is 2. The van der Waals surface area contributed by atoms with Crippen LogP contribution >= 0.6 is 11.3 Å². The molecule has 6 nitrogen and oxygen atoms in total. The van der Waals surface area contributed by atoms with E-state index in [1.54, 1.807) is 45.4 Å². The van der Waals surface area contributed by atoms with Crippen molar-refractivity contribution in [3.05, 3.63) is 76.1 Å². The van der Waals surface area contributed by atoms with Crippen LogP contribution in [0, 0.1) is 11.7 Å². The number of hydrogen-bond acceptors (Lipinski definition) is 5. The molecule has 3 aromatic rings. The highest BCUT2D eigenvalue weighted by Crippen LogP contribution is 2.34. The van der Waals surface area contributed by atoms with Crippen molar-refractivity contribution in [1.29, 1.82) is 0 Å². The maximum atomic E-state index is 13.6. The quantitative estimate of drug-likeness (QED) is 0.420. The fourth-order valence-electron chi connectivity index (χ4n) is 4.12. The summed E-state index contributed by atoms with van der Waals surface area (Å²) in [5.41, 5.74) is 1.07. The van der Waals surface area contributed by atoms with E-state index in [2.05, 4.69) is 13.8 Å². The second-order valence-corrected chi connectivity index (χ2v) is 9.59. The second-order valence-electron chi connectivity index (χ2n) is 8.59. The molecule has 34 heavy (non-hydrogen) atoms. The van der Waals surface area contributed by atoms with Gasteiger partial charge in [0.25, 0.3) is 5.91 Å². The number of hydrogen-bond donors (Lipinski definition) is 0. The molecule has 1 aromatic carbocycles. The monoisotopic (exact) mass is 484 g/mol. The third-order valence-corrected chi connectivity index (χ3v) is 7.21. The standard InChI is InChI=1S/C26H29FN2O4S/c1-3-18(2)15-28(26(31)23-5-4-13-32-23)16-25(30)29-12-10-24-21(11-14-34-24)22(29)17-33-20-8-6-19(27)7-9-20/h4-9,11,13-14,18,22H,3,10,12,15-17H2,1-2H3/t18-,22+/m1/s1. The molecule has 4 rings (SSSR count). The van der Waals surface area contributed by atoms with Gasteiger partial charge in [0.15, 0.2) is 5.76 Å². The van der Waals surface area contributed by atoms with E-state index in [4.69, 9.17) is 9.15 Å². The number of halogens is 1. The second kappa shape index (κ2) is 10.9. The zero-order valence-electron chi connectivity index (χ0n) is 19.4. The van der Waals surface area contributed by atoms with Crippen molar-refractivity contribution in [2.45, 2.75) is 32.7 Å². The Kier molecular flexibility index (Phi) is 7.67.